The van der Waals surface area contributed by atoms with E-state index >= 15 is 0 Å². The Kier molecular flexibility index (Phi) is 3.67. The highest BCUT2D eigenvalue weighted by Crippen LogP contribution is 2.32. The smallest absolute Gasteiger partial charge is 0.115 e. The summed E-state index contributed by atoms with van der Waals surface area (Å²) in [7, 11) is 0. The number of rotatable bonds is 2. The molecule has 2 rings (SSSR count). The van der Waals surface area contributed by atoms with E-state index in [1.165, 1.54) is 11.3 Å². The van der Waals surface area contributed by atoms with Crippen molar-refractivity contribution >= 4 is 0 Å². The van der Waals surface area contributed by atoms with Gasteiger partial charge in [0.25, 0.3) is 0 Å². The van der Waals surface area contributed by atoms with Crippen LogP contribution in [-0.4, -0.2) is 19.7 Å². The van der Waals surface area contributed by atoms with Gasteiger partial charge in [0.2, 0.25) is 0 Å². The van der Waals surface area contributed by atoms with Crippen molar-refractivity contribution in [3.8, 4) is 0 Å². The van der Waals surface area contributed by atoms with Crippen molar-refractivity contribution in [1.82, 2.24) is 19.7 Å². The van der Waals surface area contributed by atoms with Gasteiger partial charge in [-0.25, -0.2) is 9.97 Å². The van der Waals surface area contributed by atoms with Crippen molar-refractivity contribution in [1.29, 1.82) is 0 Å². The van der Waals surface area contributed by atoms with Crippen LogP contribution in [0.15, 0.2) is 24.8 Å². The van der Waals surface area contributed by atoms with Crippen molar-refractivity contribution < 1.29 is 0 Å². The fraction of sp³-hybridized carbons (Fsp3) is 0.562. The van der Waals surface area contributed by atoms with E-state index in [4.69, 9.17) is 5.10 Å². The van der Waals surface area contributed by atoms with Gasteiger partial charge >= 0.3 is 0 Å². The van der Waals surface area contributed by atoms with Crippen LogP contribution in [0.5, 0.6) is 0 Å². The van der Waals surface area contributed by atoms with E-state index in [2.05, 4.69) is 57.7 Å². The Labute approximate surface area is 121 Å². The average Bonchev–Trinajstić information content (AvgIpc) is 2.74. The van der Waals surface area contributed by atoms with Gasteiger partial charge in [-0.1, -0.05) is 41.5 Å². The summed E-state index contributed by atoms with van der Waals surface area (Å²) in [6.07, 6.45) is 5.50. The molecule has 2 aromatic heterocycles. The van der Waals surface area contributed by atoms with Crippen molar-refractivity contribution in [2.75, 3.05) is 0 Å². The Balaban J connectivity index is 2.40. The molecular formula is C16H24N4. The minimum atomic E-state index is 0.0412. The number of nitrogens with zero attached hydrogens (tertiary/aromatic N) is 4. The molecule has 0 amide bonds. The fourth-order valence-corrected chi connectivity index (χ4v) is 2.18. The molecule has 0 unspecified atom stereocenters. The van der Waals surface area contributed by atoms with Gasteiger partial charge in [0.1, 0.15) is 6.33 Å². The SMILES string of the molecule is CC(C)(C)c1cn(Cc2ccncn2)nc1C(C)(C)C. The number of hydrogen-bond acceptors (Lipinski definition) is 3. The molecule has 0 fully saturated rings. The highest BCUT2D eigenvalue weighted by Gasteiger charge is 2.28. The van der Waals surface area contributed by atoms with E-state index in [0.717, 1.165) is 5.69 Å². The molecule has 0 saturated heterocycles. The Bertz CT molecular complexity index is 539. The van der Waals surface area contributed by atoms with Crippen LogP contribution in [0.2, 0.25) is 0 Å². The molecular weight excluding hydrogens is 248 g/mol. The minimum absolute atomic E-state index is 0.0412. The van der Waals surface area contributed by atoms with Crippen LogP contribution in [0.25, 0.3) is 0 Å². The maximum Gasteiger partial charge on any atom is 0.115 e. The monoisotopic (exact) mass is 272 g/mol. The normalized spacial score (nSPS) is 12.7. The first-order valence-corrected chi connectivity index (χ1v) is 7.01. The molecule has 0 aliphatic rings. The Hall–Kier alpha value is -1.71. The maximum atomic E-state index is 4.80. The molecule has 0 spiro atoms. The predicted octanol–water partition coefficient (Wildman–Crippen LogP) is 3.32. The molecule has 0 aliphatic carbocycles. The summed E-state index contributed by atoms with van der Waals surface area (Å²) in [5.41, 5.74) is 3.58. The first-order valence-electron chi connectivity index (χ1n) is 7.01. The zero-order chi connectivity index (χ0) is 15.0. The molecule has 20 heavy (non-hydrogen) atoms. The van der Waals surface area contributed by atoms with E-state index in [1.807, 2.05) is 10.7 Å². The molecule has 108 valence electrons. The lowest BCUT2D eigenvalue weighted by atomic mass is 9.80. The third-order valence-corrected chi connectivity index (χ3v) is 3.25. The minimum Gasteiger partial charge on any atom is -0.266 e. The van der Waals surface area contributed by atoms with Crippen molar-refractivity contribution in [2.45, 2.75) is 58.9 Å². The first-order chi connectivity index (χ1) is 9.18. The molecule has 0 bridgehead atoms. The van der Waals surface area contributed by atoms with Crippen LogP contribution in [0.3, 0.4) is 0 Å². The van der Waals surface area contributed by atoms with Crippen molar-refractivity contribution in [2.24, 2.45) is 0 Å². The summed E-state index contributed by atoms with van der Waals surface area (Å²) in [6.45, 7) is 14.0. The zero-order valence-corrected chi connectivity index (χ0v) is 13.3. The average molecular weight is 272 g/mol. The van der Waals surface area contributed by atoms with Gasteiger partial charge in [0, 0.05) is 17.8 Å². The molecule has 0 atom stereocenters. The topological polar surface area (TPSA) is 43.6 Å². The van der Waals surface area contributed by atoms with Crippen LogP contribution >= 0.6 is 0 Å². The van der Waals surface area contributed by atoms with Gasteiger partial charge in [0.15, 0.2) is 0 Å². The van der Waals surface area contributed by atoms with Gasteiger partial charge in [-0.05, 0) is 17.0 Å². The Morgan fingerprint density at radius 2 is 1.75 bits per heavy atom. The van der Waals surface area contributed by atoms with Crippen LogP contribution in [0.1, 0.15) is 58.5 Å². The Morgan fingerprint density at radius 3 is 2.20 bits per heavy atom. The van der Waals surface area contributed by atoms with Gasteiger partial charge in [0.05, 0.1) is 17.9 Å². The standard InChI is InChI=1S/C16H24N4/c1-15(2,3)13-10-20(19-14(13)16(4,5)6)9-12-7-8-17-11-18-12/h7-8,10-11H,9H2,1-6H3. The number of aromatic nitrogens is 4. The van der Waals surface area contributed by atoms with Crippen molar-refractivity contribution in [3.63, 3.8) is 0 Å². The van der Waals surface area contributed by atoms with Crippen molar-refractivity contribution in [3.05, 3.63) is 41.7 Å². The second-order valence-corrected chi connectivity index (χ2v) is 7.29. The van der Waals surface area contributed by atoms with E-state index in [0.29, 0.717) is 6.54 Å². The summed E-state index contributed by atoms with van der Waals surface area (Å²) >= 11 is 0. The molecule has 4 heteroatoms. The lowest BCUT2D eigenvalue weighted by molar-refractivity contribution is 0.514. The van der Waals surface area contributed by atoms with Gasteiger partial charge < -0.3 is 0 Å². The van der Waals surface area contributed by atoms with Crippen LogP contribution in [-0.2, 0) is 17.4 Å². The third kappa shape index (κ3) is 3.24. The van der Waals surface area contributed by atoms with E-state index in [9.17, 15) is 0 Å². The molecule has 0 aromatic carbocycles. The summed E-state index contributed by atoms with van der Waals surface area (Å²) in [6, 6.07) is 1.93. The largest absolute Gasteiger partial charge is 0.266 e. The predicted molar refractivity (Wildman–Crippen MR) is 80.8 cm³/mol. The zero-order valence-electron chi connectivity index (χ0n) is 13.3. The fourth-order valence-electron chi connectivity index (χ4n) is 2.18. The Morgan fingerprint density at radius 1 is 1.05 bits per heavy atom. The highest BCUT2D eigenvalue weighted by molar-refractivity contribution is 5.30. The van der Waals surface area contributed by atoms with Crippen LogP contribution in [0.4, 0.5) is 0 Å². The van der Waals surface area contributed by atoms with E-state index < -0.39 is 0 Å². The third-order valence-electron chi connectivity index (χ3n) is 3.25. The van der Waals surface area contributed by atoms with Crippen LogP contribution in [0, 0.1) is 0 Å². The molecule has 0 saturated carbocycles. The van der Waals surface area contributed by atoms with Gasteiger partial charge in [-0.2, -0.15) is 5.10 Å². The molecule has 2 aromatic rings. The molecule has 0 N–H and O–H groups in total. The molecule has 0 aliphatic heterocycles. The highest BCUT2D eigenvalue weighted by atomic mass is 15.3. The molecule has 0 radical (unpaired) electrons. The summed E-state index contributed by atoms with van der Waals surface area (Å²) in [5, 5.41) is 4.80. The molecule has 2 heterocycles. The molecule has 4 nitrogen and oxygen atoms in total. The van der Waals surface area contributed by atoms with Crippen LogP contribution < -0.4 is 0 Å². The first kappa shape index (κ1) is 14.7. The maximum absolute atomic E-state index is 4.80. The number of hydrogen-bond donors (Lipinski definition) is 0. The van der Waals surface area contributed by atoms with E-state index in [-0.39, 0.29) is 10.8 Å². The lowest BCUT2D eigenvalue weighted by Crippen LogP contribution is -2.21. The quantitative estimate of drug-likeness (QED) is 0.842. The van der Waals surface area contributed by atoms with Gasteiger partial charge in [-0.3, -0.25) is 4.68 Å². The van der Waals surface area contributed by atoms with Gasteiger partial charge in [-0.15, -0.1) is 0 Å². The second kappa shape index (κ2) is 5.00. The summed E-state index contributed by atoms with van der Waals surface area (Å²) < 4.78 is 1.99. The summed E-state index contributed by atoms with van der Waals surface area (Å²) in [4.78, 5) is 8.21. The second-order valence-electron chi connectivity index (χ2n) is 7.29. The lowest BCUT2D eigenvalue weighted by Gasteiger charge is -2.24. The van der Waals surface area contributed by atoms with E-state index in [1.54, 1.807) is 12.5 Å². The summed E-state index contributed by atoms with van der Waals surface area (Å²) in [5.74, 6) is 0.